The van der Waals surface area contributed by atoms with Crippen LogP contribution in [0.15, 0.2) is 35.0 Å². The van der Waals surface area contributed by atoms with Gasteiger partial charge in [-0.2, -0.15) is 13.2 Å². The van der Waals surface area contributed by atoms with Crippen molar-refractivity contribution < 1.29 is 22.7 Å². The Morgan fingerprint density at radius 3 is 2.62 bits per heavy atom. The molecule has 0 aromatic heterocycles. The molecule has 0 saturated heterocycles. The Bertz CT molecular complexity index is 842. The fourth-order valence-electron chi connectivity index (χ4n) is 4.64. The monoisotopic (exact) mass is 455 g/mol. The third kappa shape index (κ3) is 6.24. The van der Waals surface area contributed by atoms with Crippen LogP contribution >= 0.6 is 0 Å². The maximum Gasteiger partial charge on any atom is 0.416 e. The first-order valence-corrected chi connectivity index (χ1v) is 11.3. The number of aliphatic imine (C=N–C) groups is 1. The van der Waals surface area contributed by atoms with E-state index in [0.29, 0.717) is 49.5 Å². The number of amidine groups is 1. The lowest BCUT2D eigenvalue weighted by atomic mass is 9.79. The molecule has 0 bridgehead atoms. The number of hydrogen-bond acceptors (Lipinski definition) is 4. The van der Waals surface area contributed by atoms with Gasteiger partial charge < -0.3 is 16.2 Å². The van der Waals surface area contributed by atoms with Gasteiger partial charge in [-0.1, -0.05) is 13.0 Å². The first-order valence-electron chi connectivity index (χ1n) is 11.3. The molecule has 32 heavy (non-hydrogen) atoms. The number of halogens is 4. The van der Waals surface area contributed by atoms with Crippen molar-refractivity contribution in [3.05, 3.63) is 46.7 Å². The van der Waals surface area contributed by atoms with Gasteiger partial charge in [0.15, 0.2) is 0 Å². The van der Waals surface area contributed by atoms with E-state index in [1.807, 2.05) is 13.1 Å². The summed E-state index contributed by atoms with van der Waals surface area (Å²) in [7, 11) is 0. The Morgan fingerprint density at radius 2 is 1.97 bits per heavy atom. The van der Waals surface area contributed by atoms with Gasteiger partial charge in [0.05, 0.1) is 12.2 Å². The number of fused-ring (bicyclic) bond motifs is 1. The normalized spacial score (nSPS) is 28.3. The van der Waals surface area contributed by atoms with Gasteiger partial charge in [-0.15, -0.1) is 0 Å². The maximum absolute atomic E-state index is 14.1. The average molecular weight is 456 g/mol. The lowest BCUT2D eigenvalue weighted by molar-refractivity contribution is -0.137. The Labute approximate surface area is 187 Å². The molecule has 1 fully saturated rings. The van der Waals surface area contributed by atoms with Gasteiger partial charge in [-0.25, -0.2) is 4.39 Å². The largest absolute Gasteiger partial charge is 0.416 e. The predicted molar refractivity (Wildman–Crippen MR) is 118 cm³/mol. The third-order valence-electron chi connectivity index (χ3n) is 6.79. The minimum Gasteiger partial charge on any atom is -0.393 e. The van der Waals surface area contributed by atoms with Crippen LogP contribution in [0.4, 0.5) is 17.6 Å². The average Bonchev–Trinajstić information content (AvgIpc) is 2.80. The van der Waals surface area contributed by atoms with Crippen molar-refractivity contribution in [1.29, 1.82) is 0 Å². The molecule has 0 spiro atoms. The summed E-state index contributed by atoms with van der Waals surface area (Å²) in [5.74, 6) is 0.831. The number of nitrogens with zero attached hydrogens (tertiary/aromatic N) is 1. The van der Waals surface area contributed by atoms with E-state index in [0.717, 1.165) is 43.0 Å². The van der Waals surface area contributed by atoms with Gasteiger partial charge in [0.25, 0.3) is 0 Å². The molecule has 4 N–H and O–H groups in total. The summed E-state index contributed by atoms with van der Waals surface area (Å²) < 4.78 is 53.4. The van der Waals surface area contributed by atoms with Crippen LogP contribution in [0, 0.1) is 11.8 Å². The van der Waals surface area contributed by atoms with E-state index in [9.17, 15) is 17.6 Å². The Hall–Kier alpha value is -2.09. The number of hydrogen-bond donors (Lipinski definition) is 3. The first kappa shape index (κ1) is 24.6. The highest BCUT2D eigenvalue weighted by molar-refractivity contribution is 5.97. The molecule has 1 aliphatic carbocycles. The van der Waals surface area contributed by atoms with E-state index >= 15 is 0 Å². The van der Waals surface area contributed by atoms with Gasteiger partial charge in [0, 0.05) is 24.9 Å². The number of nitrogens with one attached hydrogen (secondary N) is 1. The standard InChI is InChI=1S/C24H33F4N3O/c1-16-12-18-2-3-20(24(26,27)28)13-19(18)7-11-31-22(29)21(16)14-30-10-6-17-4-8-23(25,15-32)9-5-17/h2-3,13-14,16-17,30,32H,4-12,15H2,1H3,(H2,29,31)/b21-14-. The fraction of sp³-hybridized carbons (Fsp3) is 0.625. The van der Waals surface area contributed by atoms with E-state index in [1.165, 1.54) is 6.07 Å². The summed E-state index contributed by atoms with van der Waals surface area (Å²) >= 11 is 0. The molecule has 1 unspecified atom stereocenters. The van der Waals surface area contributed by atoms with Gasteiger partial charge in [-0.3, -0.25) is 4.99 Å². The van der Waals surface area contributed by atoms with Gasteiger partial charge in [0.2, 0.25) is 0 Å². The van der Waals surface area contributed by atoms with Crippen LogP contribution in [0.25, 0.3) is 0 Å². The van der Waals surface area contributed by atoms with Crippen molar-refractivity contribution in [3.63, 3.8) is 0 Å². The molecule has 1 saturated carbocycles. The van der Waals surface area contributed by atoms with Crippen molar-refractivity contribution in [2.24, 2.45) is 22.6 Å². The highest BCUT2D eigenvalue weighted by Crippen LogP contribution is 2.36. The fourth-order valence-corrected chi connectivity index (χ4v) is 4.64. The van der Waals surface area contributed by atoms with Crippen molar-refractivity contribution in [3.8, 4) is 0 Å². The molecule has 4 nitrogen and oxygen atoms in total. The van der Waals surface area contributed by atoms with Gasteiger partial charge >= 0.3 is 6.18 Å². The van der Waals surface area contributed by atoms with E-state index < -0.39 is 24.0 Å². The number of aliphatic hydroxyl groups is 1. The number of aliphatic hydroxyl groups excluding tert-OH is 1. The molecular weight excluding hydrogens is 422 g/mol. The summed E-state index contributed by atoms with van der Waals surface area (Å²) in [5.41, 5.74) is 6.57. The van der Waals surface area contributed by atoms with E-state index in [4.69, 9.17) is 10.8 Å². The number of rotatable bonds is 5. The van der Waals surface area contributed by atoms with Gasteiger partial charge in [0.1, 0.15) is 11.5 Å². The third-order valence-corrected chi connectivity index (χ3v) is 6.79. The second kappa shape index (κ2) is 10.2. The smallest absolute Gasteiger partial charge is 0.393 e. The summed E-state index contributed by atoms with van der Waals surface area (Å²) in [5, 5.41) is 12.5. The van der Waals surface area contributed by atoms with Crippen LogP contribution in [0.2, 0.25) is 0 Å². The van der Waals surface area contributed by atoms with Crippen molar-refractivity contribution in [2.75, 3.05) is 19.7 Å². The summed E-state index contributed by atoms with van der Waals surface area (Å²) in [6.07, 6.45) is 1.76. The lowest BCUT2D eigenvalue weighted by Gasteiger charge is -2.32. The number of benzene rings is 1. The van der Waals surface area contributed by atoms with Gasteiger partial charge in [-0.05, 0) is 80.0 Å². The molecule has 1 heterocycles. The molecule has 1 aromatic carbocycles. The van der Waals surface area contributed by atoms with Crippen molar-refractivity contribution >= 4 is 5.84 Å². The van der Waals surface area contributed by atoms with E-state index in [-0.39, 0.29) is 5.92 Å². The van der Waals surface area contributed by atoms with Crippen LogP contribution in [-0.2, 0) is 19.0 Å². The molecule has 1 atom stereocenters. The van der Waals surface area contributed by atoms with Crippen LogP contribution in [0.5, 0.6) is 0 Å². The lowest BCUT2D eigenvalue weighted by Crippen LogP contribution is -2.33. The topological polar surface area (TPSA) is 70.6 Å². The second-order valence-corrected chi connectivity index (χ2v) is 9.20. The number of alkyl halides is 4. The minimum absolute atomic E-state index is 0.00812. The first-order chi connectivity index (χ1) is 15.1. The summed E-state index contributed by atoms with van der Waals surface area (Å²) in [6.45, 7) is 2.65. The molecule has 8 heteroatoms. The molecule has 1 aromatic rings. The molecule has 2 aliphatic rings. The predicted octanol–water partition coefficient (Wildman–Crippen LogP) is 4.55. The molecule has 178 valence electrons. The highest BCUT2D eigenvalue weighted by atomic mass is 19.4. The molecule has 3 rings (SSSR count). The van der Waals surface area contributed by atoms with Crippen LogP contribution in [0.1, 0.15) is 55.7 Å². The molecule has 1 aliphatic heterocycles. The Balaban J connectivity index is 1.62. The van der Waals surface area contributed by atoms with E-state index in [1.54, 1.807) is 6.07 Å². The SMILES string of the molecule is CC1Cc2ccc(C(F)(F)F)cc2CCN=C(N)/C1=C\NCCC1CCC(F)(CO)CC1. The van der Waals surface area contributed by atoms with Crippen LogP contribution in [-0.4, -0.2) is 36.3 Å². The Morgan fingerprint density at radius 1 is 1.25 bits per heavy atom. The maximum atomic E-state index is 14.1. The molecule has 0 radical (unpaired) electrons. The quantitative estimate of drug-likeness (QED) is 0.451. The zero-order valence-electron chi connectivity index (χ0n) is 18.5. The summed E-state index contributed by atoms with van der Waals surface area (Å²) in [4.78, 5) is 4.40. The second-order valence-electron chi connectivity index (χ2n) is 9.20. The minimum atomic E-state index is -4.36. The van der Waals surface area contributed by atoms with Crippen LogP contribution in [0.3, 0.4) is 0 Å². The molecule has 0 amide bonds. The molecular formula is C24H33F4N3O. The zero-order valence-corrected chi connectivity index (χ0v) is 18.5. The highest BCUT2D eigenvalue weighted by Gasteiger charge is 2.34. The number of nitrogens with two attached hydrogens (primary N) is 1. The van der Waals surface area contributed by atoms with Crippen molar-refractivity contribution in [2.45, 2.75) is 63.7 Å². The van der Waals surface area contributed by atoms with E-state index in [2.05, 4.69) is 10.3 Å². The van der Waals surface area contributed by atoms with Crippen LogP contribution < -0.4 is 11.1 Å². The van der Waals surface area contributed by atoms with Crippen molar-refractivity contribution in [1.82, 2.24) is 5.32 Å². The zero-order chi connectivity index (χ0) is 23.4. The summed E-state index contributed by atoms with van der Waals surface area (Å²) in [6, 6.07) is 3.94. The Kier molecular flexibility index (Phi) is 7.85.